The molecule has 1 fully saturated rings. The number of rotatable bonds is 5. The van der Waals surface area contributed by atoms with Crippen LogP contribution in [0.2, 0.25) is 0 Å². The minimum absolute atomic E-state index is 0.336. The van der Waals surface area contributed by atoms with E-state index >= 15 is 0 Å². The lowest BCUT2D eigenvalue weighted by atomic mass is 9.94. The molecule has 37 heavy (non-hydrogen) atoms. The molecular formula is C27H23F4N3O3. The van der Waals surface area contributed by atoms with E-state index in [-0.39, 0.29) is 6.61 Å². The summed E-state index contributed by atoms with van der Waals surface area (Å²) in [6, 6.07) is 13.5. The van der Waals surface area contributed by atoms with Gasteiger partial charge in [-0.3, -0.25) is 4.98 Å². The van der Waals surface area contributed by atoms with E-state index in [2.05, 4.69) is 10.1 Å². The fraction of sp³-hybridized carbons (Fsp3) is 0.259. The second kappa shape index (κ2) is 9.51. The Hall–Kier alpha value is -3.92. The van der Waals surface area contributed by atoms with Gasteiger partial charge in [-0.25, -0.2) is 4.39 Å². The Kier molecular flexibility index (Phi) is 6.36. The molecule has 0 amide bonds. The van der Waals surface area contributed by atoms with Gasteiger partial charge in [-0.15, -0.1) is 0 Å². The van der Waals surface area contributed by atoms with E-state index in [0.717, 1.165) is 29.8 Å². The summed E-state index contributed by atoms with van der Waals surface area (Å²) < 4.78 is 58.4. The van der Waals surface area contributed by atoms with E-state index < -0.39 is 23.4 Å². The lowest BCUT2D eigenvalue weighted by Gasteiger charge is -2.38. The van der Waals surface area contributed by atoms with Gasteiger partial charge in [0.2, 0.25) is 0 Å². The van der Waals surface area contributed by atoms with Crippen LogP contribution in [0.4, 0.5) is 17.6 Å². The number of oxime groups is 1. The first kappa shape index (κ1) is 24.8. The number of aliphatic hydroxyl groups is 1. The molecule has 0 radical (unpaired) electrons. The highest BCUT2D eigenvalue weighted by Gasteiger charge is 2.49. The van der Waals surface area contributed by atoms with Gasteiger partial charge < -0.3 is 19.6 Å². The summed E-state index contributed by atoms with van der Waals surface area (Å²) in [5.41, 5.74) is 0.811. The number of amidine groups is 1. The molecule has 0 spiro atoms. The van der Waals surface area contributed by atoms with Gasteiger partial charge in [-0.05, 0) is 78.1 Å². The highest BCUT2D eigenvalue weighted by molar-refractivity contribution is 6.03. The highest BCUT2D eigenvalue weighted by atomic mass is 19.4. The van der Waals surface area contributed by atoms with Crippen LogP contribution in [0.25, 0.3) is 17.2 Å². The van der Waals surface area contributed by atoms with Gasteiger partial charge in [-0.1, -0.05) is 17.3 Å². The van der Waals surface area contributed by atoms with Crippen LogP contribution in [0.15, 0.2) is 71.5 Å². The minimum Gasteiger partial charge on any atom is -0.496 e. The van der Waals surface area contributed by atoms with E-state index in [4.69, 9.17) is 9.57 Å². The maximum absolute atomic E-state index is 13.5. The SMILES string of the molecule is COc1cc(C=C2CCCN3C2=NOC3(CO)c2ccc(F)cc2)ccc1-c1ccnc(C(F)(F)F)c1. The third kappa shape index (κ3) is 4.53. The molecule has 5 rings (SSSR count). The number of hydrogen-bond acceptors (Lipinski definition) is 6. The maximum atomic E-state index is 13.5. The number of ether oxygens (including phenoxy) is 1. The first-order chi connectivity index (χ1) is 17.7. The van der Waals surface area contributed by atoms with Crippen LogP contribution >= 0.6 is 0 Å². The van der Waals surface area contributed by atoms with Crippen molar-refractivity contribution in [3.8, 4) is 16.9 Å². The van der Waals surface area contributed by atoms with Crippen LogP contribution in [0.1, 0.15) is 29.7 Å². The number of nitrogens with zero attached hydrogens (tertiary/aromatic N) is 3. The predicted octanol–water partition coefficient (Wildman–Crippen LogP) is 5.58. The summed E-state index contributed by atoms with van der Waals surface area (Å²) >= 11 is 0. The second-order valence-electron chi connectivity index (χ2n) is 8.77. The Morgan fingerprint density at radius 3 is 2.62 bits per heavy atom. The molecule has 0 saturated carbocycles. The molecule has 192 valence electrons. The van der Waals surface area contributed by atoms with E-state index in [0.29, 0.717) is 41.2 Å². The van der Waals surface area contributed by atoms with Crippen molar-refractivity contribution < 1.29 is 32.2 Å². The maximum Gasteiger partial charge on any atom is 0.433 e. The van der Waals surface area contributed by atoms with Crippen molar-refractivity contribution in [2.24, 2.45) is 5.16 Å². The average molecular weight is 513 g/mol. The zero-order valence-corrected chi connectivity index (χ0v) is 19.8. The van der Waals surface area contributed by atoms with Crippen molar-refractivity contribution in [1.82, 2.24) is 9.88 Å². The largest absolute Gasteiger partial charge is 0.496 e. The molecule has 0 bridgehead atoms. The van der Waals surface area contributed by atoms with E-state index in [1.54, 1.807) is 30.3 Å². The van der Waals surface area contributed by atoms with E-state index in [9.17, 15) is 22.7 Å². The van der Waals surface area contributed by atoms with Crippen molar-refractivity contribution in [3.63, 3.8) is 0 Å². The topological polar surface area (TPSA) is 67.2 Å². The molecule has 10 heteroatoms. The molecule has 1 atom stereocenters. The fourth-order valence-electron chi connectivity index (χ4n) is 4.70. The number of pyridine rings is 1. The van der Waals surface area contributed by atoms with Gasteiger partial charge in [0, 0.05) is 23.9 Å². The number of methoxy groups -OCH3 is 1. The molecule has 2 aliphatic heterocycles. The van der Waals surface area contributed by atoms with Gasteiger partial charge in [-0.2, -0.15) is 13.2 Å². The first-order valence-electron chi connectivity index (χ1n) is 11.6. The van der Waals surface area contributed by atoms with E-state index in [1.807, 2.05) is 11.0 Å². The molecule has 3 heterocycles. The lowest BCUT2D eigenvalue weighted by molar-refractivity contribution is -0.141. The quantitative estimate of drug-likeness (QED) is 0.451. The van der Waals surface area contributed by atoms with Crippen LogP contribution in [-0.2, 0) is 16.7 Å². The zero-order valence-electron chi connectivity index (χ0n) is 19.8. The summed E-state index contributed by atoms with van der Waals surface area (Å²) in [5, 5.41) is 14.6. The summed E-state index contributed by atoms with van der Waals surface area (Å²) in [6.07, 6.45) is -0.0534. The standard InChI is InChI=1S/C27H23F4N3O3/c1-36-23-14-17(4-9-22(23)18-10-11-32-24(15-18)27(29,30)31)13-19-3-2-12-34-25(19)33-37-26(34,16-35)20-5-7-21(28)8-6-20/h4-11,13-15,35H,2-3,12,16H2,1H3. The van der Waals surface area contributed by atoms with Crippen molar-refractivity contribution in [2.75, 3.05) is 20.3 Å². The number of aromatic nitrogens is 1. The van der Waals surface area contributed by atoms with Gasteiger partial charge >= 0.3 is 6.18 Å². The molecule has 3 aromatic rings. The Labute approximate surface area is 210 Å². The monoisotopic (exact) mass is 513 g/mol. The summed E-state index contributed by atoms with van der Waals surface area (Å²) in [7, 11) is 1.46. The Bertz CT molecular complexity index is 1370. The molecule has 1 unspecified atom stereocenters. The number of benzene rings is 2. The van der Waals surface area contributed by atoms with Gasteiger partial charge in [0.15, 0.2) is 5.84 Å². The molecule has 1 saturated heterocycles. The Morgan fingerprint density at radius 1 is 1.14 bits per heavy atom. The molecule has 1 aromatic heterocycles. The molecule has 1 N–H and O–H groups in total. The number of alkyl halides is 3. The smallest absolute Gasteiger partial charge is 0.433 e. The van der Waals surface area contributed by atoms with Crippen LogP contribution < -0.4 is 4.74 Å². The van der Waals surface area contributed by atoms with Gasteiger partial charge in [0.1, 0.15) is 23.9 Å². The lowest BCUT2D eigenvalue weighted by Crippen LogP contribution is -2.51. The molecular weight excluding hydrogens is 490 g/mol. The molecule has 2 aromatic carbocycles. The van der Waals surface area contributed by atoms with Crippen LogP contribution in [0, 0.1) is 5.82 Å². The number of hydrogen-bond donors (Lipinski definition) is 1. The minimum atomic E-state index is -4.55. The van der Waals surface area contributed by atoms with Crippen molar-refractivity contribution >= 4 is 11.9 Å². The van der Waals surface area contributed by atoms with Gasteiger partial charge in [0.05, 0.1) is 7.11 Å². The highest BCUT2D eigenvalue weighted by Crippen LogP contribution is 2.41. The predicted molar refractivity (Wildman–Crippen MR) is 129 cm³/mol. The Balaban J connectivity index is 1.46. The molecule has 2 aliphatic rings. The number of aliphatic hydroxyl groups excluding tert-OH is 1. The molecule has 6 nitrogen and oxygen atoms in total. The normalized spacial score (nSPS) is 20.4. The van der Waals surface area contributed by atoms with Gasteiger partial charge in [0.25, 0.3) is 5.72 Å². The molecule has 0 aliphatic carbocycles. The van der Waals surface area contributed by atoms with Crippen molar-refractivity contribution in [3.05, 3.63) is 89.0 Å². The van der Waals surface area contributed by atoms with E-state index in [1.165, 1.54) is 25.3 Å². The number of fused-ring (bicyclic) bond motifs is 1. The number of piperidine rings is 1. The summed E-state index contributed by atoms with van der Waals surface area (Å²) in [6.45, 7) is 0.202. The first-order valence-corrected chi connectivity index (χ1v) is 11.6. The number of halogens is 4. The fourth-order valence-corrected chi connectivity index (χ4v) is 4.70. The van der Waals surface area contributed by atoms with Crippen LogP contribution in [0.5, 0.6) is 5.75 Å². The van der Waals surface area contributed by atoms with Crippen LogP contribution in [0.3, 0.4) is 0 Å². The van der Waals surface area contributed by atoms with Crippen LogP contribution in [-0.4, -0.2) is 41.1 Å². The van der Waals surface area contributed by atoms with Crippen molar-refractivity contribution in [2.45, 2.75) is 24.7 Å². The average Bonchev–Trinajstić information content (AvgIpc) is 3.29. The Morgan fingerprint density at radius 2 is 1.92 bits per heavy atom. The summed E-state index contributed by atoms with van der Waals surface area (Å²) in [4.78, 5) is 11.1. The zero-order chi connectivity index (χ0) is 26.2. The third-order valence-electron chi connectivity index (χ3n) is 6.53. The third-order valence-corrected chi connectivity index (χ3v) is 6.53. The second-order valence-corrected chi connectivity index (χ2v) is 8.77. The summed E-state index contributed by atoms with van der Waals surface area (Å²) in [5.74, 6) is 0.576. The van der Waals surface area contributed by atoms with Crippen molar-refractivity contribution in [1.29, 1.82) is 0 Å².